The smallest absolute Gasteiger partial charge is 0.374 e. The van der Waals surface area contributed by atoms with Gasteiger partial charge in [-0.05, 0) is 35.9 Å². The average molecular weight is 480 g/mol. The van der Waals surface area contributed by atoms with Gasteiger partial charge < -0.3 is 15.5 Å². The van der Waals surface area contributed by atoms with E-state index >= 15 is 0 Å². The van der Waals surface area contributed by atoms with Crippen LogP contribution in [0.4, 0.5) is 30.2 Å². The summed E-state index contributed by atoms with van der Waals surface area (Å²) in [7, 11) is 1.95. The predicted octanol–water partition coefficient (Wildman–Crippen LogP) is 4.97. The average Bonchev–Trinajstić information content (AvgIpc) is 3.38. The number of hydrogen-bond donors (Lipinski definition) is 2. The molecular formula is C25H23F3N6O. The van der Waals surface area contributed by atoms with Gasteiger partial charge in [-0.25, -0.2) is 9.67 Å². The number of amides is 1. The second-order valence-electron chi connectivity index (χ2n) is 7.83. The maximum atomic E-state index is 13.3. The molecule has 1 heterocycles. The number of alkyl halides is 3. The van der Waals surface area contributed by atoms with E-state index in [1.165, 1.54) is 23.4 Å². The first kappa shape index (κ1) is 23.8. The molecule has 0 radical (unpaired) electrons. The molecule has 0 unspecified atom stereocenters. The lowest BCUT2D eigenvalue weighted by Crippen LogP contribution is -2.24. The van der Waals surface area contributed by atoms with Crippen molar-refractivity contribution in [2.24, 2.45) is 0 Å². The van der Waals surface area contributed by atoms with Crippen molar-refractivity contribution < 1.29 is 18.0 Å². The van der Waals surface area contributed by atoms with Gasteiger partial charge in [0, 0.05) is 13.6 Å². The third-order valence-electron chi connectivity index (χ3n) is 5.28. The Hall–Kier alpha value is -4.34. The van der Waals surface area contributed by atoms with E-state index in [1.807, 2.05) is 66.5 Å². The Bertz CT molecular complexity index is 1280. The summed E-state index contributed by atoms with van der Waals surface area (Å²) >= 11 is 0. The van der Waals surface area contributed by atoms with Crippen LogP contribution in [0.15, 0.2) is 85.5 Å². The van der Waals surface area contributed by atoms with E-state index in [1.54, 1.807) is 0 Å². The summed E-state index contributed by atoms with van der Waals surface area (Å²) < 4.78 is 41.1. The van der Waals surface area contributed by atoms with Crippen LogP contribution >= 0.6 is 0 Å². The minimum atomic E-state index is -4.55. The van der Waals surface area contributed by atoms with E-state index < -0.39 is 17.6 Å². The molecule has 7 nitrogen and oxygen atoms in total. The molecule has 0 aliphatic heterocycles. The van der Waals surface area contributed by atoms with E-state index in [2.05, 4.69) is 20.7 Å². The minimum absolute atomic E-state index is 0.0217. The summed E-state index contributed by atoms with van der Waals surface area (Å²) in [6.45, 7) is 0.514. The molecule has 0 spiro atoms. The van der Waals surface area contributed by atoms with Crippen molar-refractivity contribution in [3.63, 3.8) is 0 Å². The number of hydrogen-bond acceptors (Lipinski definition) is 5. The van der Waals surface area contributed by atoms with Gasteiger partial charge in [-0.1, -0.05) is 42.5 Å². The molecule has 0 bridgehead atoms. The number of carbonyl (C=O) groups excluding carboxylic acids is 1. The largest absolute Gasteiger partial charge is 0.416 e. The topological polar surface area (TPSA) is 75.1 Å². The molecule has 0 fully saturated rings. The van der Waals surface area contributed by atoms with Gasteiger partial charge in [0.1, 0.15) is 12.7 Å². The third kappa shape index (κ3) is 5.97. The van der Waals surface area contributed by atoms with Crippen molar-refractivity contribution in [2.45, 2.75) is 12.7 Å². The second-order valence-corrected chi connectivity index (χ2v) is 7.83. The third-order valence-corrected chi connectivity index (χ3v) is 5.28. The van der Waals surface area contributed by atoms with E-state index in [0.717, 1.165) is 29.1 Å². The molecule has 0 aliphatic carbocycles. The number of nitrogens with one attached hydrogen (secondary N) is 2. The molecule has 0 atom stereocenters. The van der Waals surface area contributed by atoms with Crippen LogP contribution in [-0.4, -0.2) is 34.3 Å². The van der Waals surface area contributed by atoms with E-state index in [-0.39, 0.29) is 17.9 Å². The number of halogens is 3. The quantitative estimate of drug-likeness (QED) is 0.372. The molecule has 3 aromatic carbocycles. The first-order chi connectivity index (χ1) is 16.8. The van der Waals surface area contributed by atoms with Gasteiger partial charge in [-0.2, -0.15) is 18.3 Å². The maximum Gasteiger partial charge on any atom is 0.416 e. The Morgan fingerprint density at radius 1 is 1.00 bits per heavy atom. The highest BCUT2D eigenvalue weighted by molar-refractivity contribution is 5.96. The highest BCUT2D eigenvalue weighted by Gasteiger charge is 2.31. The number of nitrogens with zero attached hydrogens (tertiary/aromatic N) is 4. The Morgan fingerprint density at radius 2 is 1.74 bits per heavy atom. The number of carbonyl (C=O) groups is 1. The van der Waals surface area contributed by atoms with Crippen LogP contribution in [0.25, 0.3) is 5.69 Å². The fourth-order valence-corrected chi connectivity index (χ4v) is 3.61. The first-order valence-corrected chi connectivity index (χ1v) is 10.8. The molecule has 180 valence electrons. The fourth-order valence-electron chi connectivity index (χ4n) is 3.61. The van der Waals surface area contributed by atoms with Gasteiger partial charge in [0.2, 0.25) is 5.91 Å². The molecular weight excluding hydrogens is 457 g/mol. The number of anilines is 3. The van der Waals surface area contributed by atoms with Crippen LogP contribution in [0.2, 0.25) is 0 Å². The van der Waals surface area contributed by atoms with Crippen LogP contribution in [0.5, 0.6) is 0 Å². The highest BCUT2D eigenvalue weighted by Crippen LogP contribution is 2.33. The standard InChI is InChI=1S/C25H23F3N6O/c1-33(15-18-7-3-2-4-8-18)22-10-6-5-9-20(22)30-14-24(35)32-21-13-19(25(26,27)28)11-12-23(21)34-17-29-16-31-34/h2-13,16-17,30H,14-15H2,1H3,(H,32,35). The monoisotopic (exact) mass is 480 g/mol. The van der Waals surface area contributed by atoms with Gasteiger partial charge >= 0.3 is 6.18 Å². The molecule has 0 aliphatic rings. The Kier molecular flexibility index (Phi) is 7.00. The van der Waals surface area contributed by atoms with Crippen LogP contribution in [0.3, 0.4) is 0 Å². The molecule has 1 amide bonds. The van der Waals surface area contributed by atoms with Crippen LogP contribution in [-0.2, 0) is 17.5 Å². The van der Waals surface area contributed by atoms with Crippen molar-refractivity contribution in [1.82, 2.24) is 14.8 Å². The number of aromatic nitrogens is 3. The van der Waals surface area contributed by atoms with Gasteiger partial charge in [0.25, 0.3) is 0 Å². The molecule has 2 N–H and O–H groups in total. The Labute approximate surface area is 200 Å². The number of rotatable bonds is 8. The molecule has 4 rings (SSSR count). The predicted molar refractivity (Wildman–Crippen MR) is 128 cm³/mol. The zero-order valence-electron chi connectivity index (χ0n) is 18.8. The van der Waals surface area contributed by atoms with Gasteiger partial charge in [-0.3, -0.25) is 4.79 Å². The Balaban J connectivity index is 1.48. The van der Waals surface area contributed by atoms with Crippen LogP contribution in [0.1, 0.15) is 11.1 Å². The van der Waals surface area contributed by atoms with E-state index in [0.29, 0.717) is 6.54 Å². The fraction of sp³-hybridized carbons (Fsp3) is 0.160. The highest BCUT2D eigenvalue weighted by atomic mass is 19.4. The van der Waals surface area contributed by atoms with E-state index in [9.17, 15) is 18.0 Å². The summed E-state index contributed by atoms with van der Waals surface area (Å²) in [5.74, 6) is -0.508. The van der Waals surface area contributed by atoms with Crippen LogP contribution in [0, 0.1) is 0 Å². The lowest BCUT2D eigenvalue weighted by molar-refractivity contribution is -0.137. The van der Waals surface area contributed by atoms with Gasteiger partial charge in [-0.15, -0.1) is 0 Å². The van der Waals surface area contributed by atoms with Gasteiger partial charge in [0.05, 0.1) is 34.9 Å². The maximum absolute atomic E-state index is 13.3. The van der Waals surface area contributed by atoms with Crippen molar-refractivity contribution in [1.29, 1.82) is 0 Å². The summed E-state index contributed by atoms with van der Waals surface area (Å²) in [6, 6.07) is 20.5. The Morgan fingerprint density at radius 3 is 2.46 bits per heavy atom. The number of benzene rings is 3. The second kappa shape index (κ2) is 10.3. The molecule has 0 saturated heterocycles. The zero-order valence-corrected chi connectivity index (χ0v) is 18.8. The lowest BCUT2D eigenvalue weighted by Gasteiger charge is -2.23. The van der Waals surface area contributed by atoms with E-state index in [4.69, 9.17) is 0 Å². The molecule has 35 heavy (non-hydrogen) atoms. The van der Waals surface area contributed by atoms with Gasteiger partial charge in [0.15, 0.2) is 0 Å². The van der Waals surface area contributed by atoms with Crippen molar-refractivity contribution in [3.05, 3.63) is 96.6 Å². The lowest BCUT2D eigenvalue weighted by atomic mass is 10.1. The summed E-state index contributed by atoms with van der Waals surface area (Å²) in [5.41, 5.74) is 2.11. The minimum Gasteiger partial charge on any atom is -0.374 e. The summed E-state index contributed by atoms with van der Waals surface area (Å²) in [4.78, 5) is 18.6. The van der Waals surface area contributed by atoms with Crippen molar-refractivity contribution >= 4 is 23.0 Å². The normalized spacial score (nSPS) is 11.2. The van der Waals surface area contributed by atoms with Crippen LogP contribution < -0.4 is 15.5 Å². The number of para-hydroxylation sites is 2. The van der Waals surface area contributed by atoms with Crippen molar-refractivity contribution in [3.8, 4) is 5.69 Å². The molecule has 0 saturated carbocycles. The summed E-state index contributed by atoms with van der Waals surface area (Å²) in [6.07, 6.45) is -1.95. The molecule has 4 aromatic rings. The van der Waals surface area contributed by atoms with Crippen molar-refractivity contribution in [2.75, 3.05) is 29.1 Å². The molecule has 10 heteroatoms. The SMILES string of the molecule is CN(Cc1ccccc1)c1ccccc1NCC(=O)Nc1cc(C(F)(F)F)ccc1-n1cncn1. The summed E-state index contributed by atoms with van der Waals surface area (Å²) in [5, 5.41) is 9.61. The molecule has 1 aromatic heterocycles. The first-order valence-electron chi connectivity index (χ1n) is 10.8. The zero-order chi connectivity index (χ0) is 24.8.